The maximum absolute atomic E-state index is 12.0. The van der Waals surface area contributed by atoms with Crippen LogP contribution in [-0.4, -0.2) is 41.0 Å². The molecule has 2 fully saturated rings. The second-order valence-corrected chi connectivity index (χ2v) is 6.94. The monoisotopic (exact) mass is 317 g/mol. The van der Waals surface area contributed by atoms with E-state index in [1.165, 1.54) is 12.8 Å². The first-order valence-electron chi connectivity index (χ1n) is 8.22. The van der Waals surface area contributed by atoms with Crippen LogP contribution >= 0.6 is 11.6 Å². The van der Waals surface area contributed by atoms with Crippen molar-refractivity contribution in [2.45, 2.75) is 56.2 Å². The fourth-order valence-corrected chi connectivity index (χ4v) is 4.62. The summed E-state index contributed by atoms with van der Waals surface area (Å²) in [5.74, 6) is 6.92. The van der Waals surface area contributed by atoms with Crippen LogP contribution in [0, 0.1) is 11.8 Å². The molecule has 4 aliphatic rings. The topological polar surface area (TPSA) is 29.5 Å². The van der Waals surface area contributed by atoms with Crippen molar-refractivity contribution in [2.75, 3.05) is 12.4 Å². The Morgan fingerprint density at radius 2 is 2.36 bits per heavy atom. The van der Waals surface area contributed by atoms with Gasteiger partial charge in [0.2, 0.25) is 0 Å². The smallest absolute Gasteiger partial charge is 0.332 e. The number of piperidine rings is 1. The van der Waals surface area contributed by atoms with Gasteiger partial charge < -0.3 is 4.74 Å². The lowest BCUT2D eigenvalue weighted by Crippen LogP contribution is -2.48. The number of fused-ring (bicyclic) bond motifs is 3. The number of rotatable bonds is 2. The Morgan fingerprint density at radius 1 is 1.45 bits per heavy atom. The molecule has 3 heterocycles. The van der Waals surface area contributed by atoms with Crippen LogP contribution in [0.3, 0.4) is 0 Å². The molecule has 2 bridgehead atoms. The first kappa shape index (κ1) is 14.4. The van der Waals surface area contributed by atoms with Gasteiger partial charge in [-0.25, -0.2) is 4.79 Å². The molecule has 2 saturated heterocycles. The lowest BCUT2D eigenvalue weighted by molar-refractivity contribution is -0.148. The number of alkyl halides is 1. The number of halogens is 1. The van der Waals surface area contributed by atoms with Gasteiger partial charge in [-0.05, 0) is 25.8 Å². The first-order valence-corrected chi connectivity index (χ1v) is 8.76. The third-order valence-electron chi connectivity index (χ3n) is 5.33. The average Bonchev–Trinajstić information content (AvgIpc) is 3.00. The van der Waals surface area contributed by atoms with Crippen LogP contribution in [0.4, 0.5) is 0 Å². The third kappa shape index (κ3) is 2.05. The standard InChI is InChI=1S/C18H20ClNO2/c19-8-4-1-2-6-13-10-14-12-18(15(13)11-17(21)22-18)16-7-3-5-9-20(14)16/h10-11,14,16H,1,3-5,7-9,12H2/t14-,16?,18+/m1/s1. The van der Waals surface area contributed by atoms with Gasteiger partial charge in [0, 0.05) is 42.0 Å². The van der Waals surface area contributed by atoms with E-state index in [4.69, 9.17) is 16.3 Å². The van der Waals surface area contributed by atoms with Crippen LogP contribution < -0.4 is 0 Å². The Hall–Kier alpha value is -1.24. The summed E-state index contributed by atoms with van der Waals surface area (Å²) in [7, 11) is 0. The van der Waals surface area contributed by atoms with Crippen LogP contribution in [0.5, 0.6) is 0 Å². The molecule has 0 N–H and O–H groups in total. The van der Waals surface area contributed by atoms with E-state index < -0.39 is 5.60 Å². The number of unbranched alkanes of at least 4 members (excludes halogenated alkanes) is 1. The van der Waals surface area contributed by atoms with E-state index in [2.05, 4.69) is 22.8 Å². The van der Waals surface area contributed by atoms with Crippen molar-refractivity contribution in [1.82, 2.24) is 4.90 Å². The van der Waals surface area contributed by atoms with Crippen LogP contribution in [0.1, 0.15) is 38.5 Å². The fraction of sp³-hybridized carbons (Fsp3) is 0.611. The predicted molar refractivity (Wildman–Crippen MR) is 85.5 cm³/mol. The van der Waals surface area contributed by atoms with E-state index in [0.717, 1.165) is 43.4 Å². The average molecular weight is 318 g/mol. The first-order chi connectivity index (χ1) is 10.7. The van der Waals surface area contributed by atoms with Gasteiger partial charge in [0.15, 0.2) is 5.60 Å². The molecule has 1 aliphatic carbocycles. The highest BCUT2D eigenvalue weighted by atomic mass is 35.5. The van der Waals surface area contributed by atoms with Crippen molar-refractivity contribution >= 4 is 17.6 Å². The molecule has 0 aromatic rings. The molecule has 3 atom stereocenters. The summed E-state index contributed by atoms with van der Waals surface area (Å²) in [6.45, 7) is 1.10. The molecular weight excluding hydrogens is 298 g/mol. The molecule has 3 aliphatic heterocycles. The minimum absolute atomic E-state index is 0.198. The Bertz CT molecular complexity index is 627. The normalized spacial score (nSPS) is 35.8. The second kappa shape index (κ2) is 5.44. The maximum atomic E-state index is 12.0. The summed E-state index contributed by atoms with van der Waals surface area (Å²) in [6.07, 6.45) is 10.1. The van der Waals surface area contributed by atoms with E-state index in [9.17, 15) is 4.79 Å². The Balaban J connectivity index is 1.70. The van der Waals surface area contributed by atoms with E-state index >= 15 is 0 Å². The second-order valence-electron chi connectivity index (χ2n) is 6.56. The molecule has 1 spiro atoms. The highest BCUT2D eigenvalue weighted by Gasteiger charge is 2.61. The SMILES string of the molecule is O=C1C=C2C(C#CCCCCl)=C[C@@H]3C[C@@]2(O1)C1CCCCN13. The van der Waals surface area contributed by atoms with Crippen molar-refractivity contribution in [3.8, 4) is 11.8 Å². The molecule has 0 saturated carbocycles. The van der Waals surface area contributed by atoms with E-state index in [1.807, 2.05) is 0 Å². The quantitative estimate of drug-likeness (QED) is 0.339. The number of carbonyl (C=O) groups is 1. The molecule has 4 rings (SSSR count). The number of carbonyl (C=O) groups excluding carboxylic acids is 1. The summed E-state index contributed by atoms with van der Waals surface area (Å²) in [6, 6.07) is 0.702. The number of nitrogens with zero attached hydrogens (tertiary/aromatic N) is 1. The molecule has 0 aromatic carbocycles. The maximum Gasteiger partial charge on any atom is 0.332 e. The lowest BCUT2D eigenvalue weighted by atomic mass is 9.77. The number of esters is 1. The lowest BCUT2D eigenvalue weighted by Gasteiger charge is -2.38. The third-order valence-corrected chi connectivity index (χ3v) is 5.60. The van der Waals surface area contributed by atoms with Crippen LogP contribution in [0.25, 0.3) is 0 Å². The molecule has 0 aromatic heterocycles. The van der Waals surface area contributed by atoms with Crippen LogP contribution in [-0.2, 0) is 9.53 Å². The minimum Gasteiger partial charge on any atom is -0.449 e. The van der Waals surface area contributed by atoms with Crippen molar-refractivity contribution < 1.29 is 9.53 Å². The van der Waals surface area contributed by atoms with E-state index in [-0.39, 0.29) is 5.97 Å². The molecule has 0 amide bonds. The molecule has 4 heteroatoms. The Kier molecular flexibility index (Phi) is 3.55. The zero-order valence-corrected chi connectivity index (χ0v) is 13.4. The Morgan fingerprint density at radius 3 is 3.23 bits per heavy atom. The Labute approximate surface area is 136 Å². The van der Waals surface area contributed by atoms with Gasteiger partial charge >= 0.3 is 5.97 Å². The van der Waals surface area contributed by atoms with Gasteiger partial charge in [0.1, 0.15) is 0 Å². The number of hydrogen-bond acceptors (Lipinski definition) is 3. The van der Waals surface area contributed by atoms with Gasteiger partial charge in [0.25, 0.3) is 0 Å². The zero-order valence-electron chi connectivity index (χ0n) is 12.6. The summed E-state index contributed by atoms with van der Waals surface area (Å²) in [5, 5.41) is 0. The number of ether oxygens (including phenoxy) is 1. The van der Waals surface area contributed by atoms with Crippen molar-refractivity contribution in [3.63, 3.8) is 0 Å². The van der Waals surface area contributed by atoms with Crippen molar-refractivity contribution in [2.24, 2.45) is 0 Å². The summed E-state index contributed by atoms with van der Waals surface area (Å²) in [5.41, 5.74) is 1.61. The predicted octanol–water partition coefficient (Wildman–Crippen LogP) is 2.80. The van der Waals surface area contributed by atoms with Crippen LogP contribution in [0.15, 0.2) is 23.3 Å². The molecular formula is C18H20ClNO2. The molecule has 22 heavy (non-hydrogen) atoms. The fourth-order valence-electron chi connectivity index (χ4n) is 4.48. The van der Waals surface area contributed by atoms with Gasteiger partial charge in [-0.3, -0.25) is 4.90 Å². The molecule has 0 radical (unpaired) electrons. The molecule has 116 valence electrons. The van der Waals surface area contributed by atoms with Crippen molar-refractivity contribution in [3.05, 3.63) is 23.3 Å². The largest absolute Gasteiger partial charge is 0.449 e. The molecule has 3 nitrogen and oxygen atoms in total. The highest BCUT2D eigenvalue weighted by Crippen LogP contribution is 2.53. The van der Waals surface area contributed by atoms with E-state index in [0.29, 0.717) is 18.0 Å². The minimum atomic E-state index is -0.423. The summed E-state index contributed by atoms with van der Waals surface area (Å²) >= 11 is 5.70. The highest BCUT2D eigenvalue weighted by molar-refractivity contribution is 6.17. The van der Waals surface area contributed by atoms with Crippen LogP contribution in [0.2, 0.25) is 0 Å². The zero-order chi connectivity index (χ0) is 15.2. The van der Waals surface area contributed by atoms with Gasteiger partial charge in [-0.2, -0.15) is 0 Å². The van der Waals surface area contributed by atoms with E-state index in [1.54, 1.807) is 6.08 Å². The van der Waals surface area contributed by atoms with Gasteiger partial charge in [0.05, 0.1) is 6.04 Å². The molecule has 1 unspecified atom stereocenters. The number of hydrogen-bond donors (Lipinski definition) is 0. The van der Waals surface area contributed by atoms with Gasteiger partial charge in [-0.15, -0.1) is 11.6 Å². The summed E-state index contributed by atoms with van der Waals surface area (Å²) in [4.78, 5) is 14.5. The summed E-state index contributed by atoms with van der Waals surface area (Å²) < 4.78 is 5.87. The van der Waals surface area contributed by atoms with Crippen molar-refractivity contribution in [1.29, 1.82) is 0 Å². The van der Waals surface area contributed by atoms with Gasteiger partial charge in [-0.1, -0.05) is 24.3 Å².